The molecule has 0 amide bonds. The van der Waals surface area contributed by atoms with Crippen LogP contribution in [0, 0.1) is 5.92 Å². The Kier molecular flexibility index (Phi) is 3.29. The van der Waals surface area contributed by atoms with Crippen LogP contribution >= 0.6 is 0 Å². The largest absolute Gasteiger partial charge is 0.462 e. The van der Waals surface area contributed by atoms with Crippen molar-refractivity contribution in [1.82, 2.24) is 0 Å². The third kappa shape index (κ3) is 2.34. The number of hydrogen-bond acceptors (Lipinski definition) is 3. The molecule has 0 radical (unpaired) electrons. The number of carbonyl (C=O) groups excluding carboxylic acids is 1. The van der Waals surface area contributed by atoms with E-state index in [0.717, 1.165) is 12.8 Å². The lowest BCUT2D eigenvalue weighted by molar-refractivity contribution is -0.139. The molecule has 1 aliphatic carbocycles. The zero-order valence-electron chi connectivity index (χ0n) is 7.25. The van der Waals surface area contributed by atoms with Crippen molar-refractivity contribution in [1.29, 1.82) is 0 Å². The summed E-state index contributed by atoms with van der Waals surface area (Å²) >= 11 is 0. The summed E-state index contributed by atoms with van der Waals surface area (Å²) < 4.78 is 4.74. The monoisotopic (exact) mass is 170 g/mol. The molecule has 1 rings (SSSR count). The minimum atomic E-state index is -0.258. The summed E-state index contributed by atoms with van der Waals surface area (Å²) in [5.74, 6) is 0.0623. The van der Waals surface area contributed by atoms with E-state index in [1.54, 1.807) is 0 Å². The van der Waals surface area contributed by atoms with E-state index in [1.165, 1.54) is 12.5 Å². The molecule has 0 aromatic carbocycles. The molecule has 1 aliphatic rings. The maximum Gasteiger partial charge on any atom is 0.302 e. The van der Waals surface area contributed by atoms with Gasteiger partial charge in [-0.25, -0.2) is 0 Å². The van der Waals surface area contributed by atoms with Crippen LogP contribution in [-0.2, 0) is 9.53 Å². The van der Waals surface area contributed by atoms with Crippen LogP contribution in [0.1, 0.15) is 19.8 Å². The summed E-state index contributed by atoms with van der Waals surface area (Å²) in [4.78, 5) is 10.4. The lowest BCUT2D eigenvalue weighted by atomic mass is 9.80. The number of aliphatic hydroxyl groups is 1. The molecule has 0 bridgehead atoms. The molecule has 0 saturated heterocycles. The highest BCUT2D eigenvalue weighted by atomic mass is 16.5. The molecule has 0 aliphatic heterocycles. The third-order valence-corrected chi connectivity index (χ3v) is 2.16. The van der Waals surface area contributed by atoms with Gasteiger partial charge in [-0.15, -0.1) is 0 Å². The maximum absolute atomic E-state index is 10.4. The van der Waals surface area contributed by atoms with Crippen molar-refractivity contribution < 1.29 is 14.6 Å². The SMILES string of the molecule is CC(=O)OCC=C1CCC1CO. The second-order valence-corrected chi connectivity index (χ2v) is 3.00. The van der Waals surface area contributed by atoms with Gasteiger partial charge in [-0.2, -0.15) is 0 Å². The summed E-state index contributed by atoms with van der Waals surface area (Å²) in [6.45, 7) is 1.95. The van der Waals surface area contributed by atoms with Crippen molar-refractivity contribution in [3.63, 3.8) is 0 Å². The standard InChI is InChI=1S/C9H14O3/c1-7(11)12-5-4-8-2-3-9(8)6-10/h4,9-10H,2-3,5-6H2,1H3. The molecular weight excluding hydrogens is 156 g/mol. The zero-order chi connectivity index (χ0) is 8.97. The van der Waals surface area contributed by atoms with Crippen molar-refractivity contribution in [3.8, 4) is 0 Å². The van der Waals surface area contributed by atoms with Crippen LogP contribution in [-0.4, -0.2) is 24.3 Å². The highest BCUT2D eigenvalue weighted by Gasteiger charge is 2.22. The van der Waals surface area contributed by atoms with Gasteiger partial charge in [0.15, 0.2) is 0 Å². The highest BCUT2D eigenvalue weighted by Crippen LogP contribution is 2.32. The van der Waals surface area contributed by atoms with Crippen molar-refractivity contribution in [2.75, 3.05) is 13.2 Å². The first-order valence-corrected chi connectivity index (χ1v) is 4.17. The van der Waals surface area contributed by atoms with E-state index in [4.69, 9.17) is 9.84 Å². The minimum Gasteiger partial charge on any atom is -0.462 e. The molecule has 1 saturated carbocycles. The molecule has 1 fully saturated rings. The first-order chi connectivity index (χ1) is 5.74. The van der Waals surface area contributed by atoms with Crippen molar-refractivity contribution in [3.05, 3.63) is 11.6 Å². The van der Waals surface area contributed by atoms with Crippen LogP contribution in [0.5, 0.6) is 0 Å². The average Bonchev–Trinajstić information content (AvgIpc) is 1.96. The molecule has 68 valence electrons. The molecule has 0 aromatic rings. The summed E-state index contributed by atoms with van der Waals surface area (Å²) in [7, 11) is 0. The van der Waals surface area contributed by atoms with Crippen LogP contribution in [0.4, 0.5) is 0 Å². The average molecular weight is 170 g/mol. The third-order valence-electron chi connectivity index (χ3n) is 2.16. The van der Waals surface area contributed by atoms with E-state index < -0.39 is 0 Å². The summed E-state index contributed by atoms with van der Waals surface area (Å²) in [6.07, 6.45) is 3.99. The fourth-order valence-corrected chi connectivity index (χ4v) is 1.26. The Hall–Kier alpha value is -0.830. The van der Waals surface area contributed by atoms with Crippen LogP contribution in [0.3, 0.4) is 0 Å². The topological polar surface area (TPSA) is 46.5 Å². The Morgan fingerprint density at radius 2 is 2.58 bits per heavy atom. The molecule has 3 heteroatoms. The first kappa shape index (κ1) is 9.26. The van der Waals surface area contributed by atoms with E-state index >= 15 is 0 Å². The number of hydrogen-bond donors (Lipinski definition) is 1. The van der Waals surface area contributed by atoms with E-state index in [9.17, 15) is 4.79 Å². The number of rotatable bonds is 3. The van der Waals surface area contributed by atoms with Gasteiger partial charge in [-0.05, 0) is 18.9 Å². The predicted molar refractivity (Wildman–Crippen MR) is 44.5 cm³/mol. The molecule has 0 aromatic heterocycles. The van der Waals surface area contributed by atoms with Crippen molar-refractivity contribution in [2.24, 2.45) is 5.92 Å². The van der Waals surface area contributed by atoms with Gasteiger partial charge < -0.3 is 9.84 Å². The van der Waals surface area contributed by atoms with Gasteiger partial charge in [0.2, 0.25) is 0 Å². The first-order valence-electron chi connectivity index (χ1n) is 4.17. The zero-order valence-corrected chi connectivity index (χ0v) is 7.25. The Balaban J connectivity index is 2.23. The Morgan fingerprint density at radius 3 is 3.00 bits per heavy atom. The van der Waals surface area contributed by atoms with Crippen LogP contribution < -0.4 is 0 Å². The quantitative estimate of drug-likeness (QED) is 0.505. The Morgan fingerprint density at radius 1 is 1.83 bits per heavy atom. The fourth-order valence-electron chi connectivity index (χ4n) is 1.26. The predicted octanol–water partition coefficient (Wildman–Crippen LogP) is 0.878. The van der Waals surface area contributed by atoms with Gasteiger partial charge in [0.1, 0.15) is 6.61 Å². The molecule has 0 spiro atoms. The van der Waals surface area contributed by atoms with Crippen molar-refractivity contribution >= 4 is 5.97 Å². The second kappa shape index (κ2) is 4.26. The minimum absolute atomic E-state index is 0.214. The van der Waals surface area contributed by atoms with Crippen molar-refractivity contribution in [2.45, 2.75) is 19.8 Å². The summed E-state index contributed by atoms with van der Waals surface area (Å²) in [6, 6.07) is 0. The van der Waals surface area contributed by atoms with E-state index in [0.29, 0.717) is 12.5 Å². The maximum atomic E-state index is 10.4. The highest BCUT2D eigenvalue weighted by molar-refractivity contribution is 5.66. The smallest absolute Gasteiger partial charge is 0.302 e. The summed E-state index contributed by atoms with van der Waals surface area (Å²) in [5.41, 5.74) is 1.22. The molecule has 3 nitrogen and oxygen atoms in total. The molecular formula is C9H14O3. The summed E-state index contributed by atoms with van der Waals surface area (Å²) in [5, 5.41) is 8.82. The van der Waals surface area contributed by atoms with Gasteiger partial charge in [-0.1, -0.05) is 5.57 Å². The van der Waals surface area contributed by atoms with E-state index in [1.807, 2.05) is 6.08 Å². The van der Waals surface area contributed by atoms with Gasteiger partial charge in [0.25, 0.3) is 0 Å². The number of esters is 1. The van der Waals surface area contributed by atoms with Gasteiger partial charge in [-0.3, -0.25) is 4.79 Å². The Labute approximate surface area is 72.0 Å². The van der Waals surface area contributed by atoms with Gasteiger partial charge in [0, 0.05) is 19.4 Å². The lowest BCUT2D eigenvalue weighted by Crippen LogP contribution is -2.20. The van der Waals surface area contributed by atoms with Crippen LogP contribution in [0.2, 0.25) is 0 Å². The molecule has 0 heterocycles. The van der Waals surface area contributed by atoms with E-state index in [-0.39, 0.29) is 12.6 Å². The lowest BCUT2D eigenvalue weighted by Gasteiger charge is -2.27. The number of aliphatic hydroxyl groups excluding tert-OH is 1. The molecule has 1 unspecified atom stereocenters. The molecule has 1 atom stereocenters. The normalized spacial score (nSPS) is 25.2. The van der Waals surface area contributed by atoms with E-state index in [2.05, 4.69) is 0 Å². The van der Waals surface area contributed by atoms with Gasteiger partial charge >= 0.3 is 5.97 Å². The Bertz CT molecular complexity index is 194. The molecule has 1 N–H and O–H groups in total. The fraction of sp³-hybridized carbons (Fsp3) is 0.667. The number of carbonyl (C=O) groups is 1. The molecule has 12 heavy (non-hydrogen) atoms. The number of ether oxygens (including phenoxy) is 1. The second-order valence-electron chi connectivity index (χ2n) is 3.00. The van der Waals surface area contributed by atoms with Gasteiger partial charge in [0.05, 0.1) is 0 Å². The van der Waals surface area contributed by atoms with Crippen LogP contribution in [0.25, 0.3) is 0 Å². The van der Waals surface area contributed by atoms with Crippen LogP contribution in [0.15, 0.2) is 11.6 Å².